The first-order chi connectivity index (χ1) is 10.2. The molecule has 0 saturated heterocycles. The molecule has 0 bridgehead atoms. The first-order valence-corrected chi connectivity index (χ1v) is 8.34. The van der Waals surface area contributed by atoms with Crippen molar-refractivity contribution in [2.24, 2.45) is 10.4 Å². The molecule has 1 aromatic heterocycles. The molecule has 118 valence electrons. The van der Waals surface area contributed by atoms with E-state index in [0.717, 1.165) is 37.1 Å². The second kappa shape index (κ2) is 7.75. The van der Waals surface area contributed by atoms with Crippen LogP contribution in [0.3, 0.4) is 0 Å². The molecule has 1 fully saturated rings. The van der Waals surface area contributed by atoms with Gasteiger partial charge in [-0.2, -0.15) is 0 Å². The molecule has 1 saturated carbocycles. The minimum Gasteiger partial charge on any atom is -0.385 e. The molecule has 0 aliphatic heterocycles. The Bertz CT molecular complexity index is 468. The van der Waals surface area contributed by atoms with Crippen LogP contribution in [0.1, 0.15) is 35.6 Å². The molecule has 0 radical (unpaired) electrons. The number of aromatic nitrogens is 1. The molecule has 2 rings (SSSR count). The number of thiazole rings is 1. The fraction of sp³-hybridized carbons (Fsp3) is 0.733. The lowest BCUT2D eigenvalue weighted by Gasteiger charge is -2.42. The van der Waals surface area contributed by atoms with E-state index in [0.29, 0.717) is 5.41 Å². The number of methoxy groups -OCH3 is 1. The van der Waals surface area contributed by atoms with Crippen LogP contribution in [-0.2, 0) is 11.3 Å². The molecule has 0 atom stereocenters. The number of rotatable bonds is 7. The zero-order valence-corrected chi connectivity index (χ0v) is 14.1. The van der Waals surface area contributed by atoms with Crippen LogP contribution < -0.4 is 10.6 Å². The SMILES string of the molecule is CN=C(NCc1cnc(C)s1)NCC1(CCOC)CCC1. The number of aliphatic imine (C=N–C) groups is 1. The second-order valence-electron chi connectivity index (χ2n) is 5.72. The number of hydrogen-bond acceptors (Lipinski definition) is 4. The van der Waals surface area contributed by atoms with Gasteiger partial charge in [0, 0.05) is 38.4 Å². The Kier molecular flexibility index (Phi) is 5.99. The number of nitrogens with zero attached hydrogens (tertiary/aromatic N) is 2. The van der Waals surface area contributed by atoms with Gasteiger partial charge in [0.05, 0.1) is 11.6 Å². The maximum Gasteiger partial charge on any atom is 0.191 e. The summed E-state index contributed by atoms with van der Waals surface area (Å²) in [5, 5.41) is 7.92. The van der Waals surface area contributed by atoms with Gasteiger partial charge >= 0.3 is 0 Å². The third-order valence-electron chi connectivity index (χ3n) is 4.20. The molecule has 1 aliphatic rings. The lowest BCUT2D eigenvalue weighted by molar-refractivity contribution is 0.0732. The molecule has 1 aliphatic carbocycles. The molecule has 1 aromatic rings. The van der Waals surface area contributed by atoms with E-state index in [1.54, 1.807) is 18.4 Å². The van der Waals surface area contributed by atoms with Crippen molar-refractivity contribution >= 4 is 17.3 Å². The van der Waals surface area contributed by atoms with Crippen molar-refractivity contribution in [1.82, 2.24) is 15.6 Å². The van der Waals surface area contributed by atoms with Crippen LogP contribution in [0.4, 0.5) is 0 Å². The molecule has 0 amide bonds. The van der Waals surface area contributed by atoms with Gasteiger partial charge in [-0.25, -0.2) is 4.98 Å². The summed E-state index contributed by atoms with van der Waals surface area (Å²) in [6, 6.07) is 0. The Balaban J connectivity index is 1.77. The molecule has 21 heavy (non-hydrogen) atoms. The largest absolute Gasteiger partial charge is 0.385 e. The van der Waals surface area contributed by atoms with E-state index in [9.17, 15) is 0 Å². The summed E-state index contributed by atoms with van der Waals surface area (Å²) in [6.07, 6.45) is 6.95. The van der Waals surface area contributed by atoms with Crippen molar-refractivity contribution in [2.75, 3.05) is 27.3 Å². The van der Waals surface area contributed by atoms with Gasteiger partial charge < -0.3 is 15.4 Å². The summed E-state index contributed by atoms with van der Waals surface area (Å²) in [7, 11) is 3.59. The third kappa shape index (κ3) is 4.68. The van der Waals surface area contributed by atoms with Crippen LogP contribution in [0, 0.1) is 12.3 Å². The summed E-state index contributed by atoms with van der Waals surface area (Å²) in [5.41, 5.74) is 0.398. The Morgan fingerprint density at radius 2 is 2.29 bits per heavy atom. The highest BCUT2D eigenvalue weighted by molar-refractivity contribution is 7.11. The zero-order chi connectivity index (χ0) is 15.1. The van der Waals surface area contributed by atoms with Crippen molar-refractivity contribution in [2.45, 2.75) is 39.2 Å². The van der Waals surface area contributed by atoms with Crippen molar-refractivity contribution in [3.05, 3.63) is 16.1 Å². The van der Waals surface area contributed by atoms with Crippen LogP contribution in [0.15, 0.2) is 11.2 Å². The van der Waals surface area contributed by atoms with Gasteiger partial charge in [0.15, 0.2) is 5.96 Å². The minimum absolute atomic E-state index is 0.398. The first-order valence-electron chi connectivity index (χ1n) is 7.52. The van der Waals surface area contributed by atoms with Crippen molar-refractivity contribution in [1.29, 1.82) is 0 Å². The minimum atomic E-state index is 0.398. The average molecular weight is 310 g/mol. The van der Waals surface area contributed by atoms with Crippen LogP contribution in [0.2, 0.25) is 0 Å². The van der Waals surface area contributed by atoms with Gasteiger partial charge in [-0.1, -0.05) is 6.42 Å². The number of hydrogen-bond donors (Lipinski definition) is 2. The predicted octanol–water partition coefficient (Wildman–Crippen LogP) is 2.32. The lowest BCUT2D eigenvalue weighted by atomic mass is 9.67. The van der Waals surface area contributed by atoms with Gasteiger partial charge in [-0.05, 0) is 31.6 Å². The monoisotopic (exact) mass is 310 g/mol. The van der Waals surface area contributed by atoms with E-state index in [-0.39, 0.29) is 0 Å². The fourth-order valence-electron chi connectivity index (χ4n) is 2.66. The topological polar surface area (TPSA) is 58.5 Å². The summed E-state index contributed by atoms with van der Waals surface area (Å²) >= 11 is 1.72. The van der Waals surface area contributed by atoms with E-state index >= 15 is 0 Å². The summed E-state index contributed by atoms with van der Waals surface area (Å²) in [6.45, 7) is 4.61. The van der Waals surface area contributed by atoms with Crippen molar-refractivity contribution in [3.8, 4) is 0 Å². The number of guanidine groups is 1. The van der Waals surface area contributed by atoms with Gasteiger partial charge in [-0.15, -0.1) is 11.3 Å². The quantitative estimate of drug-likeness (QED) is 0.599. The molecule has 0 spiro atoms. The van der Waals surface area contributed by atoms with E-state index in [1.807, 2.05) is 20.2 Å². The average Bonchev–Trinajstić information content (AvgIpc) is 2.86. The highest BCUT2D eigenvalue weighted by Gasteiger charge is 2.36. The fourth-order valence-corrected chi connectivity index (χ4v) is 3.39. The Morgan fingerprint density at radius 3 is 2.81 bits per heavy atom. The Labute approximate surface area is 131 Å². The summed E-state index contributed by atoms with van der Waals surface area (Å²) < 4.78 is 5.23. The highest BCUT2D eigenvalue weighted by Crippen LogP contribution is 2.43. The third-order valence-corrected chi connectivity index (χ3v) is 5.12. The molecule has 1 heterocycles. The Morgan fingerprint density at radius 1 is 1.48 bits per heavy atom. The molecular formula is C15H26N4OS. The Hall–Kier alpha value is -1.14. The van der Waals surface area contributed by atoms with Crippen molar-refractivity contribution < 1.29 is 4.74 Å². The number of ether oxygens (including phenoxy) is 1. The normalized spacial score (nSPS) is 17.4. The van der Waals surface area contributed by atoms with Crippen LogP contribution in [-0.4, -0.2) is 38.3 Å². The first kappa shape index (κ1) is 16.2. The molecule has 0 unspecified atom stereocenters. The van der Waals surface area contributed by atoms with Crippen LogP contribution >= 0.6 is 11.3 Å². The standard InChI is InChI=1S/C15H26N4OS/c1-12-17-9-13(21-12)10-18-14(16-2)19-11-15(5-4-6-15)7-8-20-3/h9H,4-8,10-11H2,1-3H3,(H2,16,18,19). The molecule has 5 nitrogen and oxygen atoms in total. The van der Waals surface area contributed by atoms with Gasteiger partial charge in [0.1, 0.15) is 0 Å². The molecule has 0 aromatic carbocycles. The van der Waals surface area contributed by atoms with E-state index in [1.165, 1.54) is 24.1 Å². The maximum atomic E-state index is 5.23. The number of nitrogens with one attached hydrogen (secondary N) is 2. The highest BCUT2D eigenvalue weighted by atomic mass is 32.1. The molecule has 2 N–H and O–H groups in total. The zero-order valence-electron chi connectivity index (χ0n) is 13.2. The summed E-state index contributed by atoms with van der Waals surface area (Å²) in [4.78, 5) is 9.79. The molecular weight excluding hydrogens is 284 g/mol. The van der Waals surface area contributed by atoms with Gasteiger partial charge in [-0.3, -0.25) is 4.99 Å². The predicted molar refractivity (Wildman–Crippen MR) is 87.8 cm³/mol. The van der Waals surface area contributed by atoms with Crippen LogP contribution in [0.25, 0.3) is 0 Å². The van der Waals surface area contributed by atoms with Gasteiger partial charge in [0.25, 0.3) is 0 Å². The van der Waals surface area contributed by atoms with Crippen molar-refractivity contribution in [3.63, 3.8) is 0 Å². The van der Waals surface area contributed by atoms with Crippen LogP contribution in [0.5, 0.6) is 0 Å². The van der Waals surface area contributed by atoms with E-state index in [4.69, 9.17) is 4.74 Å². The smallest absolute Gasteiger partial charge is 0.191 e. The van der Waals surface area contributed by atoms with E-state index in [2.05, 4.69) is 20.6 Å². The summed E-state index contributed by atoms with van der Waals surface area (Å²) in [5.74, 6) is 0.866. The molecule has 6 heteroatoms. The van der Waals surface area contributed by atoms with E-state index < -0.39 is 0 Å². The maximum absolute atomic E-state index is 5.23. The number of aryl methyl sites for hydroxylation is 1. The lowest BCUT2D eigenvalue weighted by Crippen LogP contribution is -2.46. The van der Waals surface area contributed by atoms with Gasteiger partial charge in [0.2, 0.25) is 0 Å². The second-order valence-corrected chi connectivity index (χ2v) is 7.04.